The van der Waals surface area contributed by atoms with Gasteiger partial charge >= 0.3 is 0 Å². The van der Waals surface area contributed by atoms with Gasteiger partial charge in [-0.25, -0.2) is 0 Å². The summed E-state index contributed by atoms with van der Waals surface area (Å²) in [7, 11) is 0. The summed E-state index contributed by atoms with van der Waals surface area (Å²) in [5.41, 5.74) is 0.898. The van der Waals surface area contributed by atoms with Crippen molar-refractivity contribution in [1.29, 1.82) is 0 Å². The van der Waals surface area contributed by atoms with Gasteiger partial charge in [0.2, 0.25) is 0 Å². The van der Waals surface area contributed by atoms with Crippen LogP contribution in [0, 0.1) is 0 Å². The Bertz CT molecular complexity index is 629. The Morgan fingerprint density at radius 1 is 1.24 bits per heavy atom. The molecule has 0 amide bonds. The first-order valence-electron chi connectivity index (χ1n) is 7.34. The second kappa shape index (κ2) is 7.07. The minimum atomic E-state index is 0.720. The van der Waals surface area contributed by atoms with Gasteiger partial charge in [0.1, 0.15) is 5.52 Å². The largest absolute Gasteiger partial charge is 0.490 e. The van der Waals surface area contributed by atoms with Crippen molar-refractivity contribution in [2.45, 2.75) is 31.7 Å². The molecule has 0 aliphatic heterocycles. The van der Waals surface area contributed by atoms with E-state index in [1.165, 1.54) is 12.8 Å². The van der Waals surface area contributed by atoms with Gasteiger partial charge in [0.15, 0.2) is 5.75 Å². The monoisotopic (exact) mass is 412 g/mol. The highest BCUT2D eigenvalue weighted by Crippen LogP contribution is 2.37. The molecule has 0 bridgehead atoms. The average molecular weight is 414 g/mol. The highest BCUT2D eigenvalue weighted by atomic mass is 79.9. The predicted octanol–water partition coefficient (Wildman–Crippen LogP) is 4.67. The number of nitrogens with zero attached hydrogens (tertiary/aromatic N) is 1. The lowest BCUT2D eigenvalue weighted by Crippen LogP contribution is -2.17. The third-order valence-corrected chi connectivity index (χ3v) is 4.82. The fourth-order valence-corrected chi connectivity index (χ4v) is 3.67. The summed E-state index contributed by atoms with van der Waals surface area (Å²) in [6, 6.07) is 6.80. The molecule has 2 aromatic rings. The van der Waals surface area contributed by atoms with Crippen molar-refractivity contribution in [3.8, 4) is 5.75 Å². The fraction of sp³-hybridized carbons (Fsp3) is 0.438. The van der Waals surface area contributed by atoms with E-state index < -0.39 is 0 Å². The molecule has 21 heavy (non-hydrogen) atoms. The van der Waals surface area contributed by atoms with Crippen LogP contribution in [0.1, 0.15) is 25.7 Å². The molecule has 0 radical (unpaired) electrons. The molecular weight excluding hydrogens is 396 g/mol. The quantitative estimate of drug-likeness (QED) is 0.669. The highest BCUT2D eigenvalue weighted by molar-refractivity contribution is 9.11. The topological polar surface area (TPSA) is 34.1 Å². The molecule has 0 unspecified atom stereocenters. The van der Waals surface area contributed by atoms with Crippen LogP contribution in [0.3, 0.4) is 0 Å². The summed E-state index contributed by atoms with van der Waals surface area (Å²) >= 11 is 7.14. The second-order valence-electron chi connectivity index (χ2n) is 5.35. The number of hydrogen-bond donors (Lipinski definition) is 1. The minimum Gasteiger partial charge on any atom is -0.490 e. The standard InChI is InChI=1S/C16H18Br2N2O/c17-13-10-14(18)16(15-12(13)4-3-8-20-15)21-9-2-1-7-19-11-5-6-11/h3-4,8,10-11,19H,1-2,5-7,9H2. The van der Waals surface area contributed by atoms with Gasteiger partial charge in [-0.2, -0.15) is 0 Å². The van der Waals surface area contributed by atoms with Gasteiger partial charge in [-0.1, -0.05) is 22.0 Å². The Kier molecular flexibility index (Phi) is 5.14. The maximum absolute atomic E-state index is 5.97. The summed E-state index contributed by atoms with van der Waals surface area (Å²) in [5, 5.41) is 4.60. The zero-order valence-corrected chi connectivity index (χ0v) is 14.9. The van der Waals surface area contributed by atoms with Crippen LogP contribution in [0.2, 0.25) is 0 Å². The molecule has 0 spiro atoms. The Balaban J connectivity index is 1.60. The van der Waals surface area contributed by atoms with Crippen molar-refractivity contribution in [3.05, 3.63) is 33.3 Å². The molecule has 3 nitrogen and oxygen atoms in total. The zero-order chi connectivity index (χ0) is 14.7. The van der Waals surface area contributed by atoms with E-state index in [1.807, 2.05) is 18.2 Å². The van der Waals surface area contributed by atoms with Crippen LogP contribution in [0.25, 0.3) is 10.9 Å². The first-order valence-corrected chi connectivity index (χ1v) is 8.93. The molecule has 3 rings (SSSR count). The average Bonchev–Trinajstić information content (AvgIpc) is 3.30. The van der Waals surface area contributed by atoms with Gasteiger partial charge in [0, 0.05) is 22.1 Å². The fourth-order valence-electron chi connectivity index (χ4n) is 2.28. The molecule has 112 valence electrons. The minimum absolute atomic E-state index is 0.720. The summed E-state index contributed by atoms with van der Waals surface area (Å²) in [5.74, 6) is 0.837. The van der Waals surface area contributed by atoms with Crippen molar-refractivity contribution in [3.63, 3.8) is 0 Å². The summed E-state index contributed by atoms with van der Waals surface area (Å²) in [6.07, 6.45) is 6.69. The molecule has 0 saturated heterocycles. The van der Waals surface area contributed by atoms with E-state index in [-0.39, 0.29) is 0 Å². The molecule has 1 saturated carbocycles. The van der Waals surface area contributed by atoms with Crippen LogP contribution in [-0.2, 0) is 0 Å². The number of aromatic nitrogens is 1. The molecule has 1 heterocycles. The summed E-state index contributed by atoms with van der Waals surface area (Å²) in [4.78, 5) is 4.45. The highest BCUT2D eigenvalue weighted by Gasteiger charge is 2.19. The number of halogens is 2. The SMILES string of the molecule is Brc1cc(Br)c2cccnc2c1OCCCCNC1CC1. The first-order chi connectivity index (χ1) is 10.3. The molecular formula is C16H18Br2N2O. The van der Waals surface area contributed by atoms with Crippen LogP contribution >= 0.6 is 31.9 Å². The molecule has 5 heteroatoms. The molecule has 0 atom stereocenters. The van der Waals surface area contributed by atoms with Crippen LogP contribution in [0.5, 0.6) is 5.75 Å². The van der Waals surface area contributed by atoms with E-state index in [0.29, 0.717) is 0 Å². The normalized spacial score (nSPS) is 14.6. The first kappa shape index (κ1) is 15.3. The third-order valence-electron chi connectivity index (χ3n) is 3.58. The lowest BCUT2D eigenvalue weighted by molar-refractivity contribution is 0.307. The molecule has 1 aliphatic carbocycles. The van der Waals surface area contributed by atoms with Gasteiger partial charge < -0.3 is 10.1 Å². The second-order valence-corrected chi connectivity index (χ2v) is 7.06. The van der Waals surface area contributed by atoms with Gasteiger partial charge in [0.25, 0.3) is 0 Å². The smallest absolute Gasteiger partial charge is 0.159 e. The maximum atomic E-state index is 5.97. The number of hydrogen-bond acceptors (Lipinski definition) is 3. The number of rotatable bonds is 7. The number of fused-ring (bicyclic) bond motifs is 1. The van der Waals surface area contributed by atoms with Gasteiger partial charge in [-0.05, 0) is 60.3 Å². The predicted molar refractivity (Wildman–Crippen MR) is 92.9 cm³/mol. The van der Waals surface area contributed by atoms with Crippen molar-refractivity contribution >= 4 is 42.8 Å². The Labute approximate surface area is 141 Å². The zero-order valence-electron chi connectivity index (χ0n) is 11.7. The van der Waals surface area contributed by atoms with Crippen molar-refractivity contribution in [2.75, 3.05) is 13.2 Å². The van der Waals surface area contributed by atoms with E-state index in [4.69, 9.17) is 4.74 Å². The molecule has 1 aliphatic rings. The summed E-state index contributed by atoms with van der Waals surface area (Å²) in [6.45, 7) is 1.81. The van der Waals surface area contributed by atoms with Crippen LogP contribution in [-0.4, -0.2) is 24.2 Å². The molecule has 1 aromatic carbocycles. The van der Waals surface area contributed by atoms with E-state index in [2.05, 4.69) is 42.2 Å². The Morgan fingerprint density at radius 3 is 2.90 bits per heavy atom. The third kappa shape index (κ3) is 3.96. The van der Waals surface area contributed by atoms with E-state index in [0.717, 1.165) is 57.6 Å². The van der Waals surface area contributed by atoms with Crippen LogP contribution < -0.4 is 10.1 Å². The lowest BCUT2D eigenvalue weighted by Gasteiger charge is -2.12. The lowest BCUT2D eigenvalue weighted by atomic mass is 10.2. The van der Waals surface area contributed by atoms with Crippen molar-refractivity contribution in [2.24, 2.45) is 0 Å². The van der Waals surface area contributed by atoms with Gasteiger partial charge in [0.05, 0.1) is 11.1 Å². The number of ether oxygens (including phenoxy) is 1. The van der Waals surface area contributed by atoms with E-state index >= 15 is 0 Å². The molecule has 1 N–H and O–H groups in total. The number of benzene rings is 1. The molecule has 1 aromatic heterocycles. The number of nitrogens with one attached hydrogen (secondary N) is 1. The van der Waals surface area contributed by atoms with Crippen molar-refractivity contribution in [1.82, 2.24) is 10.3 Å². The van der Waals surface area contributed by atoms with Crippen molar-refractivity contribution < 1.29 is 4.74 Å². The van der Waals surface area contributed by atoms with Gasteiger partial charge in [-0.3, -0.25) is 4.98 Å². The Morgan fingerprint density at radius 2 is 2.10 bits per heavy atom. The van der Waals surface area contributed by atoms with Crippen LogP contribution in [0.15, 0.2) is 33.3 Å². The van der Waals surface area contributed by atoms with Gasteiger partial charge in [-0.15, -0.1) is 0 Å². The maximum Gasteiger partial charge on any atom is 0.159 e. The van der Waals surface area contributed by atoms with Crippen LogP contribution in [0.4, 0.5) is 0 Å². The summed E-state index contributed by atoms with van der Waals surface area (Å²) < 4.78 is 7.94. The van der Waals surface area contributed by atoms with E-state index in [1.54, 1.807) is 6.20 Å². The van der Waals surface area contributed by atoms with E-state index in [9.17, 15) is 0 Å². The number of unbranched alkanes of at least 4 members (excludes halogenated alkanes) is 1. The molecule has 1 fully saturated rings. The number of pyridine rings is 1. The Hall–Kier alpha value is -0.650.